The zero-order valence-corrected chi connectivity index (χ0v) is 13.0. The number of aromatic nitrogens is 3. The Hall–Kier alpha value is -1.41. The Morgan fingerprint density at radius 3 is 3.00 bits per heavy atom. The molecule has 6 nitrogen and oxygen atoms in total. The molecule has 0 aromatic carbocycles. The standard InChI is InChI=1S/C11H14BrN5OS/c1-7(10-16-14-6-17(10)2)15-11(18)13-4-9-3-8(12)5-19-9/h3,5-7H,4H2,1-2H3,(H2,13,15,18). The van der Waals surface area contributed by atoms with Crippen molar-refractivity contribution in [2.24, 2.45) is 7.05 Å². The topological polar surface area (TPSA) is 71.8 Å². The third kappa shape index (κ3) is 3.77. The summed E-state index contributed by atoms with van der Waals surface area (Å²) in [6.07, 6.45) is 1.61. The number of nitrogens with one attached hydrogen (secondary N) is 2. The van der Waals surface area contributed by atoms with Crippen molar-refractivity contribution in [3.8, 4) is 0 Å². The molecule has 2 amide bonds. The van der Waals surface area contributed by atoms with Crippen LogP contribution in [0.1, 0.15) is 23.7 Å². The summed E-state index contributed by atoms with van der Waals surface area (Å²) in [6, 6.07) is 1.57. The number of halogens is 1. The molecule has 102 valence electrons. The Kier molecular flexibility index (Phi) is 4.54. The maximum atomic E-state index is 11.8. The summed E-state index contributed by atoms with van der Waals surface area (Å²) in [7, 11) is 1.84. The first-order valence-corrected chi connectivity index (χ1v) is 7.34. The third-order valence-electron chi connectivity index (χ3n) is 2.53. The fourth-order valence-corrected chi connectivity index (χ4v) is 3.00. The van der Waals surface area contributed by atoms with E-state index in [0.717, 1.165) is 9.35 Å². The van der Waals surface area contributed by atoms with E-state index in [4.69, 9.17) is 0 Å². The van der Waals surface area contributed by atoms with Crippen LogP contribution in [0.3, 0.4) is 0 Å². The fraction of sp³-hybridized carbons (Fsp3) is 0.364. The minimum atomic E-state index is -0.222. The van der Waals surface area contributed by atoms with E-state index in [1.54, 1.807) is 22.2 Å². The molecule has 0 aliphatic carbocycles. The van der Waals surface area contributed by atoms with Crippen molar-refractivity contribution < 1.29 is 4.79 Å². The smallest absolute Gasteiger partial charge is 0.315 e. The first-order valence-electron chi connectivity index (χ1n) is 5.67. The first kappa shape index (κ1) is 14.0. The summed E-state index contributed by atoms with van der Waals surface area (Å²) < 4.78 is 2.81. The molecule has 1 atom stereocenters. The van der Waals surface area contributed by atoms with Gasteiger partial charge in [-0.25, -0.2) is 4.79 Å². The van der Waals surface area contributed by atoms with Crippen LogP contribution in [0.5, 0.6) is 0 Å². The molecule has 19 heavy (non-hydrogen) atoms. The number of amides is 2. The molecule has 2 aromatic rings. The predicted molar refractivity (Wildman–Crippen MR) is 76.8 cm³/mol. The lowest BCUT2D eigenvalue weighted by atomic mass is 10.3. The van der Waals surface area contributed by atoms with Crippen molar-refractivity contribution in [2.75, 3.05) is 0 Å². The van der Waals surface area contributed by atoms with E-state index >= 15 is 0 Å². The maximum Gasteiger partial charge on any atom is 0.315 e. The van der Waals surface area contributed by atoms with Crippen LogP contribution in [0.4, 0.5) is 4.79 Å². The summed E-state index contributed by atoms with van der Waals surface area (Å²) >= 11 is 4.97. The van der Waals surface area contributed by atoms with Crippen LogP contribution in [0, 0.1) is 0 Å². The maximum absolute atomic E-state index is 11.8. The van der Waals surface area contributed by atoms with Gasteiger partial charge in [-0.05, 0) is 28.9 Å². The Bertz CT molecular complexity index is 567. The molecule has 0 radical (unpaired) electrons. The quantitative estimate of drug-likeness (QED) is 0.893. The van der Waals surface area contributed by atoms with Gasteiger partial charge < -0.3 is 15.2 Å². The van der Waals surface area contributed by atoms with Crippen LogP contribution in [-0.4, -0.2) is 20.8 Å². The average Bonchev–Trinajstić information content (AvgIpc) is 2.95. The number of urea groups is 1. The lowest BCUT2D eigenvalue weighted by molar-refractivity contribution is 0.237. The minimum Gasteiger partial charge on any atom is -0.333 e. The summed E-state index contributed by atoms with van der Waals surface area (Å²) in [5.74, 6) is 0.717. The van der Waals surface area contributed by atoms with E-state index in [-0.39, 0.29) is 12.1 Å². The van der Waals surface area contributed by atoms with E-state index < -0.39 is 0 Å². The number of carbonyl (C=O) groups excluding carboxylic acids is 1. The molecule has 8 heteroatoms. The zero-order valence-electron chi connectivity index (χ0n) is 10.6. The number of thiophene rings is 1. The number of nitrogens with zero attached hydrogens (tertiary/aromatic N) is 3. The van der Waals surface area contributed by atoms with E-state index in [0.29, 0.717) is 12.4 Å². The van der Waals surface area contributed by atoms with Crippen molar-refractivity contribution in [2.45, 2.75) is 19.5 Å². The fourth-order valence-electron chi connectivity index (χ4n) is 1.61. The van der Waals surface area contributed by atoms with Crippen LogP contribution in [-0.2, 0) is 13.6 Å². The molecule has 2 heterocycles. The molecule has 0 aliphatic rings. The highest BCUT2D eigenvalue weighted by molar-refractivity contribution is 9.10. The molecule has 2 rings (SSSR count). The largest absolute Gasteiger partial charge is 0.333 e. The monoisotopic (exact) mass is 343 g/mol. The Labute approximate surface area is 123 Å². The van der Waals surface area contributed by atoms with Crippen molar-refractivity contribution in [1.29, 1.82) is 0 Å². The average molecular weight is 344 g/mol. The van der Waals surface area contributed by atoms with Crippen molar-refractivity contribution in [3.05, 3.63) is 32.9 Å². The van der Waals surface area contributed by atoms with Gasteiger partial charge in [0, 0.05) is 21.8 Å². The SMILES string of the molecule is CC(NC(=O)NCc1cc(Br)cs1)c1nncn1C. The summed E-state index contributed by atoms with van der Waals surface area (Å²) in [5.41, 5.74) is 0. The molecule has 2 N–H and O–H groups in total. The molecule has 2 aromatic heterocycles. The van der Waals surface area contributed by atoms with Gasteiger partial charge in [-0.3, -0.25) is 0 Å². The van der Waals surface area contributed by atoms with E-state index in [1.165, 1.54) is 0 Å². The number of rotatable bonds is 4. The van der Waals surface area contributed by atoms with Crippen LogP contribution in [0.15, 0.2) is 22.2 Å². The molecule has 0 saturated heterocycles. The second kappa shape index (κ2) is 6.16. The molecule has 0 aliphatic heterocycles. The van der Waals surface area contributed by atoms with E-state index in [1.807, 2.05) is 25.4 Å². The second-order valence-electron chi connectivity index (χ2n) is 4.08. The molecular weight excluding hydrogens is 330 g/mol. The van der Waals surface area contributed by atoms with Crippen LogP contribution in [0.25, 0.3) is 0 Å². The Balaban J connectivity index is 1.83. The normalized spacial score (nSPS) is 12.2. The molecule has 0 fully saturated rings. The number of hydrogen-bond acceptors (Lipinski definition) is 4. The van der Waals surface area contributed by atoms with Gasteiger partial charge in [-0.1, -0.05) is 0 Å². The summed E-state index contributed by atoms with van der Waals surface area (Å²) in [6.45, 7) is 2.37. The summed E-state index contributed by atoms with van der Waals surface area (Å²) in [4.78, 5) is 12.8. The highest BCUT2D eigenvalue weighted by atomic mass is 79.9. The Morgan fingerprint density at radius 1 is 1.63 bits per heavy atom. The molecule has 1 unspecified atom stereocenters. The molecule has 0 spiro atoms. The van der Waals surface area contributed by atoms with Gasteiger partial charge in [0.1, 0.15) is 6.33 Å². The van der Waals surface area contributed by atoms with Crippen molar-refractivity contribution in [1.82, 2.24) is 25.4 Å². The highest BCUT2D eigenvalue weighted by Gasteiger charge is 2.13. The number of aryl methyl sites for hydroxylation is 1. The first-order chi connectivity index (χ1) is 9.06. The van der Waals surface area contributed by atoms with Gasteiger partial charge in [-0.15, -0.1) is 21.5 Å². The van der Waals surface area contributed by atoms with Crippen molar-refractivity contribution in [3.63, 3.8) is 0 Å². The minimum absolute atomic E-state index is 0.192. The second-order valence-corrected chi connectivity index (χ2v) is 5.99. The van der Waals surface area contributed by atoms with Gasteiger partial charge in [-0.2, -0.15) is 0 Å². The van der Waals surface area contributed by atoms with E-state index in [2.05, 4.69) is 36.8 Å². The number of carbonyl (C=O) groups is 1. The van der Waals surface area contributed by atoms with Gasteiger partial charge >= 0.3 is 6.03 Å². The lowest BCUT2D eigenvalue weighted by Crippen LogP contribution is -2.37. The Morgan fingerprint density at radius 2 is 2.42 bits per heavy atom. The summed E-state index contributed by atoms with van der Waals surface area (Å²) in [5, 5.41) is 15.4. The van der Waals surface area contributed by atoms with Crippen LogP contribution < -0.4 is 10.6 Å². The molecule has 0 bridgehead atoms. The highest BCUT2D eigenvalue weighted by Crippen LogP contribution is 2.19. The molecule has 0 saturated carbocycles. The van der Waals surface area contributed by atoms with Crippen LogP contribution >= 0.6 is 27.3 Å². The predicted octanol–water partition coefficient (Wildman–Crippen LogP) is 2.20. The number of hydrogen-bond donors (Lipinski definition) is 2. The van der Waals surface area contributed by atoms with Gasteiger partial charge in [0.25, 0.3) is 0 Å². The van der Waals surface area contributed by atoms with Gasteiger partial charge in [0.15, 0.2) is 5.82 Å². The van der Waals surface area contributed by atoms with Crippen molar-refractivity contribution >= 4 is 33.3 Å². The van der Waals surface area contributed by atoms with Gasteiger partial charge in [0.05, 0.1) is 12.6 Å². The van der Waals surface area contributed by atoms with Crippen LogP contribution in [0.2, 0.25) is 0 Å². The van der Waals surface area contributed by atoms with Gasteiger partial charge in [0.2, 0.25) is 0 Å². The van der Waals surface area contributed by atoms with E-state index in [9.17, 15) is 4.79 Å². The lowest BCUT2D eigenvalue weighted by Gasteiger charge is -2.13. The molecular formula is C11H14BrN5OS. The third-order valence-corrected chi connectivity index (χ3v) is 4.22. The zero-order chi connectivity index (χ0) is 13.8.